The van der Waals surface area contributed by atoms with Gasteiger partial charge in [0.15, 0.2) is 0 Å². The number of nitrogens with one attached hydrogen (secondary N) is 1. The number of carbonyl (C=O) groups excluding carboxylic acids is 2. The Morgan fingerprint density at radius 3 is 2.18 bits per heavy atom. The van der Waals surface area contributed by atoms with Gasteiger partial charge in [-0.25, -0.2) is 0 Å². The van der Waals surface area contributed by atoms with Crippen molar-refractivity contribution in [1.82, 2.24) is 10.1 Å². The molecule has 56 valence electrons. The molecule has 0 fully saturated rings. The summed E-state index contributed by atoms with van der Waals surface area (Å²) in [6.45, 7) is 0. The molecular formula is C5H6BN3O2. The van der Waals surface area contributed by atoms with Gasteiger partial charge in [-0.3, -0.25) is 14.5 Å². The first-order valence-electron chi connectivity index (χ1n) is 2.88. The number of hydrogen-bond acceptors (Lipinski definition) is 4. The molecule has 0 spiro atoms. The molecule has 0 aromatic heterocycles. The molecule has 0 unspecified atom stereocenters. The third-order valence-electron chi connectivity index (χ3n) is 1.47. The van der Waals surface area contributed by atoms with Crippen molar-refractivity contribution in [3.8, 4) is 0 Å². The van der Waals surface area contributed by atoms with Crippen molar-refractivity contribution >= 4 is 19.8 Å². The average molecular weight is 151 g/mol. The summed E-state index contributed by atoms with van der Waals surface area (Å²) in [4.78, 5) is 22.8. The SMILES string of the molecule is [B]NC1=C(N)C(=O)N(C)C1=O. The summed E-state index contributed by atoms with van der Waals surface area (Å²) >= 11 is 0. The van der Waals surface area contributed by atoms with Gasteiger partial charge in [-0.05, 0) is 0 Å². The molecule has 0 aliphatic carbocycles. The summed E-state index contributed by atoms with van der Waals surface area (Å²) in [5, 5.41) is 2.07. The van der Waals surface area contributed by atoms with E-state index < -0.39 is 11.8 Å². The number of imide groups is 1. The Balaban J connectivity index is 3.08. The molecule has 1 aliphatic rings. The zero-order valence-electron chi connectivity index (χ0n) is 5.92. The monoisotopic (exact) mass is 151 g/mol. The maximum Gasteiger partial charge on any atom is 0.278 e. The summed E-state index contributed by atoms with van der Waals surface area (Å²) in [6, 6.07) is 0. The number of amides is 2. The Bertz CT molecular complexity index is 260. The van der Waals surface area contributed by atoms with Crippen LogP contribution in [0.1, 0.15) is 0 Å². The molecule has 0 saturated heterocycles. The molecule has 0 aromatic rings. The van der Waals surface area contributed by atoms with Crippen molar-refractivity contribution in [2.45, 2.75) is 0 Å². The number of carbonyl (C=O) groups is 2. The fourth-order valence-electron chi connectivity index (χ4n) is 0.802. The lowest BCUT2D eigenvalue weighted by molar-refractivity contribution is -0.136. The molecule has 2 amide bonds. The van der Waals surface area contributed by atoms with Gasteiger partial charge >= 0.3 is 0 Å². The highest BCUT2D eigenvalue weighted by Gasteiger charge is 2.32. The minimum Gasteiger partial charge on any atom is -0.431 e. The fraction of sp³-hybridized carbons (Fsp3) is 0.200. The molecule has 1 aliphatic heterocycles. The van der Waals surface area contributed by atoms with Crippen LogP contribution >= 0.6 is 0 Å². The largest absolute Gasteiger partial charge is 0.431 e. The maximum absolute atomic E-state index is 11.0. The van der Waals surface area contributed by atoms with Crippen LogP contribution in [0.25, 0.3) is 0 Å². The van der Waals surface area contributed by atoms with Gasteiger partial charge in [0.2, 0.25) is 7.98 Å². The van der Waals surface area contributed by atoms with Crippen LogP contribution in [0.15, 0.2) is 11.4 Å². The second kappa shape index (κ2) is 2.30. The summed E-state index contributed by atoms with van der Waals surface area (Å²) < 4.78 is 0. The zero-order chi connectivity index (χ0) is 8.59. The summed E-state index contributed by atoms with van der Waals surface area (Å²) in [7, 11) is 6.29. The van der Waals surface area contributed by atoms with Gasteiger partial charge in [-0.1, -0.05) is 0 Å². The minimum atomic E-state index is -0.525. The predicted octanol–water partition coefficient (Wildman–Crippen LogP) is -2.17. The normalized spacial score (nSPS) is 18.1. The second-order valence-electron chi connectivity index (χ2n) is 2.10. The standard InChI is InChI=1S/C5H6BN3O2/c1-9-4(10)2(7)3(8-6)5(9)11/h8H,7H2,1H3. The van der Waals surface area contributed by atoms with Crippen LogP contribution in [0.2, 0.25) is 0 Å². The van der Waals surface area contributed by atoms with Gasteiger partial charge in [0.25, 0.3) is 11.8 Å². The lowest BCUT2D eigenvalue weighted by Gasteiger charge is -2.04. The predicted molar refractivity (Wildman–Crippen MR) is 37.9 cm³/mol. The molecular weight excluding hydrogens is 145 g/mol. The molecule has 5 nitrogen and oxygen atoms in total. The van der Waals surface area contributed by atoms with Crippen molar-refractivity contribution in [1.29, 1.82) is 0 Å². The fourth-order valence-corrected chi connectivity index (χ4v) is 0.802. The zero-order valence-corrected chi connectivity index (χ0v) is 5.92. The summed E-state index contributed by atoms with van der Waals surface area (Å²) in [5.41, 5.74) is 5.06. The van der Waals surface area contributed by atoms with E-state index in [1.165, 1.54) is 7.05 Å². The number of nitrogens with zero attached hydrogens (tertiary/aromatic N) is 1. The van der Waals surface area contributed by atoms with Crippen molar-refractivity contribution in [3.63, 3.8) is 0 Å². The molecule has 0 aromatic carbocycles. The van der Waals surface area contributed by atoms with E-state index in [0.717, 1.165) is 4.90 Å². The number of nitrogens with two attached hydrogens (primary N) is 1. The van der Waals surface area contributed by atoms with Crippen molar-refractivity contribution in [3.05, 3.63) is 11.4 Å². The van der Waals surface area contributed by atoms with Gasteiger partial charge in [0.1, 0.15) is 11.4 Å². The Hall–Kier alpha value is -1.46. The van der Waals surface area contributed by atoms with E-state index in [1.54, 1.807) is 0 Å². The Labute approximate surface area is 64.7 Å². The summed E-state index contributed by atoms with van der Waals surface area (Å²) in [6.07, 6.45) is 0. The van der Waals surface area contributed by atoms with Gasteiger partial charge in [0.05, 0.1) is 0 Å². The van der Waals surface area contributed by atoms with Crippen molar-refractivity contribution in [2.75, 3.05) is 7.05 Å². The highest BCUT2D eigenvalue weighted by atomic mass is 16.2. The van der Waals surface area contributed by atoms with Crippen LogP contribution in [0.4, 0.5) is 0 Å². The van der Waals surface area contributed by atoms with E-state index in [2.05, 4.69) is 5.23 Å². The smallest absolute Gasteiger partial charge is 0.278 e. The van der Waals surface area contributed by atoms with E-state index >= 15 is 0 Å². The van der Waals surface area contributed by atoms with Crippen LogP contribution in [0.3, 0.4) is 0 Å². The molecule has 1 rings (SSSR count). The third-order valence-corrected chi connectivity index (χ3v) is 1.47. The Morgan fingerprint density at radius 2 is 2.00 bits per heavy atom. The first-order chi connectivity index (χ1) is 5.09. The molecule has 1 heterocycles. The van der Waals surface area contributed by atoms with Gasteiger partial charge in [-0.15, -0.1) is 0 Å². The topological polar surface area (TPSA) is 75.4 Å². The van der Waals surface area contributed by atoms with Gasteiger partial charge in [-0.2, -0.15) is 0 Å². The lowest BCUT2D eigenvalue weighted by atomic mass is 10.3. The number of hydrogen-bond donors (Lipinski definition) is 2. The van der Waals surface area contributed by atoms with Crippen LogP contribution in [0, 0.1) is 0 Å². The molecule has 0 atom stereocenters. The van der Waals surface area contributed by atoms with E-state index in [4.69, 9.17) is 13.7 Å². The van der Waals surface area contributed by atoms with Crippen LogP contribution in [-0.2, 0) is 9.59 Å². The Morgan fingerprint density at radius 1 is 1.45 bits per heavy atom. The second-order valence-corrected chi connectivity index (χ2v) is 2.10. The Kier molecular flexibility index (Phi) is 1.60. The van der Waals surface area contributed by atoms with E-state index in [9.17, 15) is 9.59 Å². The van der Waals surface area contributed by atoms with Crippen LogP contribution < -0.4 is 11.0 Å². The molecule has 6 heteroatoms. The van der Waals surface area contributed by atoms with E-state index in [0.29, 0.717) is 0 Å². The maximum atomic E-state index is 11.0. The molecule has 0 saturated carbocycles. The number of likely N-dealkylation sites (N-methyl/N-ethyl adjacent to an activating group) is 1. The average Bonchev–Trinajstić information content (AvgIpc) is 2.17. The first kappa shape index (κ1) is 7.65. The molecule has 2 radical (unpaired) electrons. The van der Waals surface area contributed by atoms with Crippen LogP contribution in [-0.4, -0.2) is 31.7 Å². The van der Waals surface area contributed by atoms with Gasteiger partial charge < -0.3 is 11.0 Å². The quantitative estimate of drug-likeness (QED) is 0.330. The van der Waals surface area contributed by atoms with E-state index in [1.807, 2.05) is 0 Å². The number of rotatable bonds is 1. The van der Waals surface area contributed by atoms with Gasteiger partial charge in [0, 0.05) is 7.05 Å². The molecule has 3 N–H and O–H groups in total. The third kappa shape index (κ3) is 0.867. The highest BCUT2D eigenvalue weighted by molar-refractivity contribution is 6.21. The molecule has 11 heavy (non-hydrogen) atoms. The first-order valence-corrected chi connectivity index (χ1v) is 2.88. The highest BCUT2D eigenvalue weighted by Crippen LogP contribution is 2.11. The van der Waals surface area contributed by atoms with Crippen LogP contribution in [0.5, 0.6) is 0 Å². The minimum absolute atomic E-state index is 0.0440. The van der Waals surface area contributed by atoms with Crippen molar-refractivity contribution < 1.29 is 9.59 Å². The van der Waals surface area contributed by atoms with E-state index in [-0.39, 0.29) is 11.4 Å². The summed E-state index contributed by atoms with van der Waals surface area (Å²) in [5.74, 6) is -1.03. The van der Waals surface area contributed by atoms with Crippen molar-refractivity contribution in [2.24, 2.45) is 5.73 Å². The lowest BCUT2D eigenvalue weighted by Crippen LogP contribution is -2.29. The molecule has 0 bridgehead atoms.